The van der Waals surface area contributed by atoms with Gasteiger partial charge in [-0.1, -0.05) is 13.3 Å². The molecule has 1 amide bonds. The van der Waals surface area contributed by atoms with E-state index in [2.05, 4.69) is 15.3 Å². The molecule has 0 aliphatic heterocycles. The summed E-state index contributed by atoms with van der Waals surface area (Å²) in [5.41, 5.74) is 0.682. The van der Waals surface area contributed by atoms with Crippen LogP contribution in [0, 0.1) is 24.2 Å². The maximum absolute atomic E-state index is 11.8. The Morgan fingerprint density at radius 2 is 2.33 bits per heavy atom. The molecule has 1 rings (SSSR count). The average Bonchev–Trinajstić information content (AvgIpc) is 2.34. The molecule has 1 N–H and O–H groups in total. The minimum Gasteiger partial charge on any atom is -0.481 e. The largest absolute Gasteiger partial charge is 0.481 e. The van der Waals surface area contributed by atoms with Gasteiger partial charge in [0.15, 0.2) is 0 Å². The van der Waals surface area contributed by atoms with Gasteiger partial charge in [0.05, 0.1) is 13.2 Å². The molecule has 1 heterocycles. The number of hydrogen-bond acceptors (Lipinski definition) is 5. The number of nitriles is 1. The molecule has 0 bridgehead atoms. The zero-order chi connectivity index (χ0) is 13.5. The van der Waals surface area contributed by atoms with Crippen LogP contribution in [-0.4, -0.2) is 23.0 Å². The predicted molar refractivity (Wildman–Crippen MR) is 66.0 cm³/mol. The van der Waals surface area contributed by atoms with Crippen LogP contribution < -0.4 is 10.1 Å². The molecule has 0 spiro atoms. The maximum atomic E-state index is 11.8. The Kier molecular flexibility index (Phi) is 5.06. The van der Waals surface area contributed by atoms with E-state index < -0.39 is 5.92 Å². The Morgan fingerprint density at radius 1 is 1.61 bits per heavy atom. The normalized spacial score (nSPS) is 11.4. The van der Waals surface area contributed by atoms with E-state index in [1.807, 2.05) is 13.0 Å². The Morgan fingerprint density at radius 3 is 2.89 bits per heavy atom. The van der Waals surface area contributed by atoms with Gasteiger partial charge in [-0.3, -0.25) is 10.1 Å². The van der Waals surface area contributed by atoms with Gasteiger partial charge < -0.3 is 4.74 Å². The second-order valence-corrected chi connectivity index (χ2v) is 3.83. The molecule has 6 heteroatoms. The first-order valence-corrected chi connectivity index (χ1v) is 5.70. The van der Waals surface area contributed by atoms with Crippen molar-refractivity contribution in [3.05, 3.63) is 11.8 Å². The van der Waals surface area contributed by atoms with Crippen molar-refractivity contribution >= 4 is 11.9 Å². The zero-order valence-electron chi connectivity index (χ0n) is 10.7. The SMILES string of the molecule is CCCC(C#N)C(=O)Nc1nc(C)cc(OC)n1. The van der Waals surface area contributed by atoms with Crippen LogP contribution >= 0.6 is 0 Å². The van der Waals surface area contributed by atoms with E-state index in [-0.39, 0.29) is 11.9 Å². The molecule has 0 saturated carbocycles. The van der Waals surface area contributed by atoms with Gasteiger partial charge in [0.2, 0.25) is 17.7 Å². The van der Waals surface area contributed by atoms with E-state index in [1.165, 1.54) is 7.11 Å². The molecular weight excluding hydrogens is 232 g/mol. The lowest BCUT2D eigenvalue weighted by Crippen LogP contribution is -2.23. The number of carbonyl (C=O) groups is 1. The standard InChI is InChI=1S/C12H16N4O2/c1-4-5-9(7-13)11(17)16-12-14-8(2)6-10(15-12)18-3/h6,9H,4-5H2,1-3H3,(H,14,15,16,17). The highest BCUT2D eigenvalue weighted by Crippen LogP contribution is 2.13. The molecule has 96 valence electrons. The number of nitrogens with zero attached hydrogens (tertiary/aromatic N) is 3. The van der Waals surface area contributed by atoms with Gasteiger partial charge in [0.1, 0.15) is 5.92 Å². The molecule has 0 fully saturated rings. The lowest BCUT2D eigenvalue weighted by Gasteiger charge is -2.09. The first-order valence-electron chi connectivity index (χ1n) is 5.70. The number of carbonyl (C=O) groups excluding carboxylic acids is 1. The number of rotatable bonds is 5. The first kappa shape index (κ1) is 13.9. The lowest BCUT2D eigenvalue weighted by molar-refractivity contribution is -0.118. The highest BCUT2D eigenvalue weighted by molar-refractivity contribution is 5.92. The molecule has 0 aromatic carbocycles. The van der Waals surface area contributed by atoms with Crippen molar-refractivity contribution in [1.82, 2.24) is 9.97 Å². The molecule has 0 aliphatic rings. The molecule has 0 aliphatic carbocycles. The van der Waals surface area contributed by atoms with Crippen molar-refractivity contribution in [1.29, 1.82) is 5.26 Å². The van der Waals surface area contributed by atoms with Crippen LogP contribution in [0.5, 0.6) is 5.88 Å². The van der Waals surface area contributed by atoms with Gasteiger partial charge in [-0.25, -0.2) is 4.98 Å². The minimum atomic E-state index is -0.676. The number of nitrogens with one attached hydrogen (secondary N) is 1. The summed E-state index contributed by atoms with van der Waals surface area (Å²) in [5.74, 6) is -0.521. The fourth-order valence-electron chi connectivity index (χ4n) is 1.44. The molecule has 1 unspecified atom stereocenters. The second-order valence-electron chi connectivity index (χ2n) is 3.83. The fourth-order valence-corrected chi connectivity index (χ4v) is 1.44. The van der Waals surface area contributed by atoms with E-state index >= 15 is 0 Å². The molecule has 0 saturated heterocycles. The van der Waals surface area contributed by atoms with Gasteiger partial charge in [0.25, 0.3) is 0 Å². The van der Waals surface area contributed by atoms with Crippen molar-refractivity contribution in [3.63, 3.8) is 0 Å². The minimum absolute atomic E-state index is 0.160. The highest BCUT2D eigenvalue weighted by Gasteiger charge is 2.18. The lowest BCUT2D eigenvalue weighted by atomic mass is 10.1. The van der Waals surface area contributed by atoms with Crippen LogP contribution in [0.4, 0.5) is 5.95 Å². The van der Waals surface area contributed by atoms with E-state index in [0.29, 0.717) is 18.0 Å². The van der Waals surface area contributed by atoms with Crippen molar-refractivity contribution < 1.29 is 9.53 Å². The van der Waals surface area contributed by atoms with Gasteiger partial charge in [0, 0.05) is 11.8 Å². The number of ether oxygens (including phenoxy) is 1. The number of methoxy groups -OCH3 is 1. The summed E-state index contributed by atoms with van der Waals surface area (Å²) < 4.78 is 4.98. The number of anilines is 1. The third-order valence-corrected chi connectivity index (χ3v) is 2.32. The summed E-state index contributed by atoms with van der Waals surface area (Å²) in [4.78, 5) is 19.9. The summed E-state index contributed by atoms with van der Waals surface area (Å²) in [5, 5.41) is 11.4. The number of aryl methyl sites for hydroxylation is 1. The van der Waals surface area contributed by atoms with E-state index in [0.717, 1.165) is 6.42 Å². The van der Waals surface area contributed by atoms with Gasteiger partial charge in [-0.05, 0) is 13.3 Å². The summed E-state index contributed by atoms with van der Waals surface area (Å²) >= 11 is 0. The van der Waals surface area contributed by atoms with Gasteiger partial charge in [-0.15, -0.1) is 0 Å². The van der Waals surface area contributed by atoms with E-state index in [1.54, 1.807) is 13.0 Å². The average molecular weight is 248 g/mol. The summed E-state index contributed by atoms with van der Waals surface area (Å²) in [6, 6.07) is 3.62. The van der Waals surface area contributed by atoms with E-state index in [4.69, 9.17) is 10.00 Å². The van der Waals surface area contributed by atoms with Crippen LogP contribution in [0.2, 0.25) is 0 Å². The number of aromatic nitrogens is 2. The molecule has 0 radical (unpaired) electrons. The zero-order valence-corrected chi connectivity index (χ0v) is 10.7. The Bertz CT molecular complexity index is 468. The van der Waals surface area contributed by atoms with E-state index in [9.17, 15) is 4.79 Å². The Balaban J connectivity index is 2.81. The van der Waals surface area contributed by atoms with Crippen LogP contribution in [0.3, 0.4) is 0 Å². The van der Waals surface area contributed by atoms with Crippen LogP contribution in [0.15, 0.2) is 6.07 Å². The number of amides is 1. The van der Waals surface area contributed by atoms with Crippen LogP contribution in [-0.2, 0) is 4.79 Å². The fraction of sp³-hybridized carbons (Fsp3) is 0.500. The van der Waals surface area contributed by atoms with Crippen LogP contribution in [0.1, 0.15) is 25.5 Å². The molecular formula is C12H16N4O2. The van der Waals surface area contributed by atoms with Crippen molar-refractivity contribution in [2.75, 3.05) is 12.4 Å². The van der Waals surface area contributed by atoms with Gasteiger partial charge >= 0.3 is 0 Å². The van der Waals surface area contributed by atoms with Gasteiger partial charge in [-0.2, -0.15) is 10.2 Å². The van der Waals surface area contributed by atoms with Crippen molar-refractivity contribution in [2.45, 2.75) is 26.7 Å². The van der Waals surface area contributed by atoms with Crippen molar-refractivity contribution in [2.24, 2.45) is 5.92 Å². The monoisotopic (exact) mass is 248 g/mol. The smallest absolute Gasteiger partial charge is 0.244 e. The Hall–Kier alpha value is -2.16. The molecule has 1 aromatic heterocycles. The summed E-state index contributed by atoms with van der Waals surface area (Å²) in [6.07, 6.45) is 1.29. The quantitative estimate of drug-likeness (QED) is 0.856. The summed E-state index contributed by atoms with van der Waals surface area (Å²) in [7, 11) is 1.49. The first-order chi connectivity index (χ1) is 8.60. The molecule has 1 atom stereocenters. The third-order valence-electron chi connectivity index (χ3n) is 2.32. The predicted octanol–water partition coefficient (Wildman–Crippen LogP) is 1.67. The second kappa shape index (κ2) is 6.55. The topological polar surface area (TPSA) is 87.9 Å². The van der Waals surface area contributed by atoms with Crippen molar-refractivity contribution in [3.8, 4) is 11.9 Å². The summed E-state index contributed by atoms with van der Waals surface area (Å²) in [6.45, 7) is 3.69. The molecule has 1 aromatic rings. The van der Waals surface area contributed by atoms with Crippen LogP contribution in [0.25, 0.3) is 0 Å². The molecule has 6 nitrogen and oxygen atoms in total. The maximum Gasteiger partial charge on any atom is 0.244 e. The highest BCUT2D eigenvalue weighted by atomic mass is 16.5. The molecule has 18 heavy (non-hydrogen) atoms. The number of hydrogen-bond donors (Lipinski definition) is 1. The third kappa shape index (κ3) is 3.70. The Labute approximate surface area is 106 Å².